The molecule has 2 rings (SSSR count). The summed E-state index contributed by atoms with van der Waals surface area (Å²) < 4.78 is 25.9. The lowest BCUT2D eigenvalue weighted by atomic mass is 10.3. The van der Waals surface area contributed by atoms with Gasteiger partial charge in [0.1, 0.15) is 6.20 Å². The first-order valence-electron chi connectivity index (χ1n) is 5.75. The van der Waals surface area contributed by atoms with E-state index in [0.29, 0.717) is 19.6 Å². The summed E-state index contributed by atoms with van der Waals surface area (Å²) in [4.78, 5) is 13.6. The molecule has 1 aromatic heterocycles. The summed E-state index contributed by atoms with van der Waals surface area (Å²) in [7, 11) is -3.68. The maximum Gasteiger partial charge on any atom is 0.287 e. The van der Waals surface area contributed by atoms with Gasteiger partial charge in [-0.2, -0.15) is 4.31 Å². The Kier molecular flexibility index (Phi) is 3.78. The van der Waals surface area contributed by atoms with Crippen molar-refractivity contribution in [2.45, 2.75) is 18.0 Å². The first-order valence-corrected chi connectivity index (χ1v) is 7.19. The zero-order valence-corrected chi connectivity index (χ0v) is 11.1. The Hall–Kier alpha value is -1.58. The Labute approximate surface area is 110 Å². The van der Waals surface area contributed by atoms with Gasteiger partial charge in [0.05, 0.1) is 4.92 Å². The van der Waals surface area contributed by atoms with E-state index >= 15 is 0 Å². The van der Waals surface area contributed by atoms with Gasteiger partial charge in [0.15, 0.2) is 5.03 Å². The third-order valence-electron chi connectivity index (χ3n) is 2.87. The molecule has 0 saturated carbocycles. The molecule has 0 aliphatic carbocycles. The lowest BCUT2D eigenvalue weighted by Crippen LogP contribution is -2.51. The number of rotatable bonds is 3. The Morgan fingerprint density at radius 2 is 2.26 bits per heavy atom. The second-order valence-corrected chi connectivity index (χ2v) is 6.21. The highest BCUT2D eigenvalue weighted by Crippen LogP contribution is 2.17. The summed E-state index contributed by atoms with van der Waals surface area (Å²) in [6, 6.07) is 2.38. The van der Waals surface area contributed by atoms with E-state index in [2.05, 4.69) is 10.3 Å². The summed E-state index contributed by atoms with van der Waals surface area (Å²) >= 11 is 0. The fraction of sp³-hybridized carbons (Fsp3) is 0.500. The third-order valence-corrected chi connectivity index (χ3v) is 4.65. The number of nitrogens with one attached hydrogen (secondary N) is 1. The zero-order chi connectivity index (χ0) is 14.0. The highest BCUT2D eigenvalue weighted by atomic mass is 32.2. The lowest BCUT2D eigenvalue weighted by molar-refractivity contribution is -0.385. The first kappa shape index (κ1) is 13.8. The molecule has 1 fully saturated rings. The van der Waals surface area contributed by atoms with Gasteiger partial charge >= 0.3 is 0 Å². The number of nitro groups is 1. The minimum atomic E-state index is -3.68. The van der Waals surface area contributed by atoms with Crippen LogP contribution >= 0.6 is 0 Å². The molecule has 19 heavy (non-hydrogen) atoms. The fourth-order valence-electron chi connectivity index (χ4n) is 1.88. The molecule has 1 N–H and O–H groups in total. The van der Waals surface area contributed by atoms with Crippen molar-refractivity contribution in [3.8, 4) is 0 Å². The molecule has 1 aliphatic rings. The van der Waals surface area contributed by atoms with Crippen molar-refractivity contribution in [2.75, 3.05) is 19.6 Å². The molecule has 104 valence electrons. The molecule has 1 atom stereocenters. The Balaban J connectivity index is 2.26. The Morgan fingerprint density at radius 3 is 2.79 bits per heavy atom. The normalized spacial score (nSPS) is 21.2. The van der Waals surface area contributed by atoms with Crippen molar-refractivity contribution >= 4 is 15.7 Å². The maximum absolute atomic E-state index is 12.3. The molecule has 1 unspecified atom stereocenters. The number of sulfonamides is 1. The van der Waals surface area contributed by atoms with Crippen LogP contribution < -0.4 is 5.32 Å². The van der Waals surface area contributed by atoms with E-state index in [9.17, 15) is 18.5 Å². The fourth-order valence-corrected chi connectivity index (χ4v) is 3.32. The molecule has 1 saturated heterocycles. The minimum Gasteiger partial charge on any atom is -0.312 e. The number of hydrogen-bond acceptors (Lipinski definition) is 6. The quantitative estimate of drug-likeness (QED) is 0.618. The Bertz CT molecular complexity index is 572. The van der Waals surface area contributed by atoms with Gasteiger partial charge in [-0.1, -0.05) is 0 Å². The van der Waals surface area contributed by atoms with Gasteiger partial charge in [-0.15, -0.1) is 0 Å². The number of hydrogen-bond donors (Lipinski definition) is 1. The summed E-state index contributed by atoms with van der Waals surface area (Å²) in [5, 5.41) is 13.5. The summed E-state index contributed by atoms with van der Waals surface area (Å²) in [5.41, 5.74) is -0.229. The highest BCUT2D eigenvalue weighted by molar-refractivity contribution is 7.89. The van der Waals surface area contributed by atoms with Crippen LogP contribution in [0.25, 0.3) is 0 Å². The van der Waals surface area contributed by atoms with Gasteiger partial charge in [0.2, 0.25) is 0 Å². The average molecular weight is 286 g/mol. The molecule has 0 radical (unpaired) electrons. The van der Waals surface area contributed by atoms with Crippen molar-refractivity contribution in [3.05, 3.63) is 28.4 Å². The topological polar surface area (TPSA) is 105 Å². The molecule has 0 amide bonds. The van der Waals surface area contributed by atoms with Crippen LogP contribution in [-0.4, -0.2) is 48.3 Å². The molecule has 0 aromatic carbocycles. The largest absolute Gasteiger partial charge is 0.312 e. The lowest BCUT2D eigenvalue weighted by Gasteiger charge is -2.30. The number of pyridine rings is 1. The molecule has 0 spiro atoms. The van der Waals surface area contributed by atoms with Crippen LogP contribution in [0.3, 0.4) is 0 Å². The molecular formula is C10H14N4O4S. The van der Waals surface area contributed by atoms with E-state index in [1.54, 1.807) is 0 Å². The molecular weight excluding hydrogens is 272 g/mol. The maximum atomic E-state index is 12.3. The van der Waals surface area contributed by atoms with Crippen molar-refractivity contribution in [1.29, 1.82) is 0 Å². The second-order valence-electron chi connectivity index (χ2n) is 4.33. The van der Waals surface area contributed by atoms with Crippen LogP contribution in [0.1, 0.15) is 6.92 Å². The smallest absolute Gasteiger partial charge is 0.287 e. The summed E-state index contributed by atoms with van der Waals surface area (Å²) in [6.07, 6.45) is 0.957. The van der Waals surface area contributed by atoms with Gasteiger partial charge in [-0.05, 0) is 13.0 Å². The molecule has 8 nitrogen and oxygen atoms in total. The molecule has 1 aliphatic heterocycles. The zero-order valence-electron chi connectivity index (χ0n) is 10.3. The molecule has 9 heteroatoms. The molecule has 1 aromatic rings. The van der Waals surface area contributed by atoms with E-state index < -0.39 is 14.9 Å². The van der Waals surface area contributed by atoms with Crippen LogP contribution in [-0.2, 0) is 10.0 Å². The van der Waals surface area contributed by atoms with Crippen molar-refractivity contribution in [1.82, 2.24) is 14.6 Å². The van der Waals surface area contributed by atoms with E-state index in [4.69, 9.17) is 0 Å². The van der Waals surface area contributed by atoms with Crippen LogP contribution in [0.4, 0.5) is 5.69 Å². The van der Waals surface area contributed by atoms with Crippen LogP contribution in [0.2, 0.25) is 0 Å². The van der Waals surface area contributed by atoms with Gasteiger partial charge in [0.25, 0.3) is 15.7 Å². The van der Waals surface area contributed by atoms with Gasteiger partial charge in [-0.3, -0.25) is 10.1 Å². The molecule has 2 heterocycles. The monoisotopic (exact) mass is 286 g/mol. The van der Waals surface area contributed by atoms with Crippen molar-refractivity contribution in [3.63, 3.8) is 0 Å². The molecule has 0 bridgehead atoms. The summed E-state index contributed by atoms with van der Waals surface area (Å²) in [6.45, 7) is 3.20. The van der Waals surface area contributed by atoms with E-state index in [1.807, 2.05) is 6.92 Å². The van der Waals surface area contributed by atoms with E-state index in [1.165, 1.54) is 10.4 Å². The number of piperazine rings is 1. The van der Waals surface area contributed by atoms with Crippen molar-refractivity contribution < 1.29 is 13.3 Å². The van der Waals surface area contributed by atoms with E-state index in [0.717, 1.165) is 12.3 Å². The second kappa shape index (κ2) is 5.19. The van der Waals surface area contributed by atoms with Crippen LogP contribution in [0.5, 0.6) is 0 Å². The van der Waals surface area contributed by atoms with Gasteiger partial charge < -0.3 is 5.32 Å². The van der Waals surface area contributed by atoms with Gasteiger partial charge in [-0.25, -0.2) is 13.4 Å². The standard InChI is InChI=1S/C10H14N4O4S/c1-8-7-13(5-4-11-8)19(17,18)10-3-2-9(6-12-10)14(15)16/h2-3,6,8,11H,4-5,7H2,1H3. The SMILES string of the molecule is CC1CN(S(=O)(=O)c2ccc([N+](=O)[O-])cn2)CCN1. The minimum absolute atomic E-state index is 0.0709. The number of nitrogens with zero attached hydrogens (tertiary/aromatic N) is 3. The van der Waals surface area contributed by atoms with Crippen molar-refractivity contribution in [2.24, 2.45) is 0 Å². The Morgan fingerprint density at radius 1 is 1.53 bits per heavy atom. The predicted molar refractivity (Wildman–Crippen MR) is 67.1 cm³/mol. The average Bonchev–Trinajstić information content (AvgIpc) is 2.39. The summed E-state index contributed by atoms with van der Waals surface area (Å²) in [5.74, 6) is 0. The number of aromatic nitrogens is 1. The van der Waals surface area contributed by atoms with Crippen LogP contribution in [0.15, 0.2) is 23.4 Å². The third kappa shape index (κ3) is 2.88. The van der Waals surface area contributed by atoms with Gasteiger partial charge in [0, 0.05) is 31.7 Å². The predicted octanol–water partition coefficient (Wildman–Crippen LogP) is -0.0278. The van der Waals surface area contributed by atoms with Crippen LogP contribution in [0, 0.1) is 10.1 Å². The highest BCUT2D eigenvalue weighted by Gasteiger charge is 2.29. The van der Waals surface area contributed by atoms with E-state index in [-0.39, 0.29) is 16.8 Å². The first-order chi connectivity index (χ1) is 8.91.